The SMILES string of the molecule is Cc1cnc(CO)c(C)c1Cl. The van der Waals surface area contributed by atoms with Gasteiger partial charge in [-0.1, -0.05) is 11.6 Å². The zero-order valence-corrected chi connectivity index (χ0v) is 7.31. The molecular weight excluding hydrogens is 162 g/mol. The van der Waals surface area contributed by atoms with Crippen molar-refractivity contribution in [3.05, 3.63) is 28.0 Å². The summed E-state index contributed by atoms with van der Waals surface area (Å²) in [5.74, 6) is 0. The molecule has 0 fully saturated rings. The van der Waals surface area contributed by atoms with E-state index in [0.29, 0.717) is 10.7 Å². The molecule has 0 aliphatic carbocycles. The fourth-order valence-electron chi connectivity index (χ4n) is 0.910. The molecule has 2 nitrogen and oxygen atoms in total. The van der Waals surface area contributed by atoms with Gasteiger partial charge in [-0.15, -0.1) is 0 Å². The van der Waals surface area contributed by atoms with Crippen LogP contribution in [0.25, 0.3) is 0 Å². The molecule has 1 rings (SSSR count). The highest BCUT2D eigenvalue weighted by Gasteiger charge is 2.04. The maximum absolute atomic E-state index is 8.81. The maximum Gasteiger partial charge on any atom is 0.0856 e. The summed E-state index contributed by atoms with van der Waals surface area (Å²) in [4.78, 5) is 4.02. The van der Waals surface area contributed by atoms with Gasteiger partial charge < -0.3 is 5.11 Å². The van der Waals surface area contributed by atoms with Crippen molar-refractivity contribution in [2.24, 2.45) is 0 Å². The minimum Gasteiger partial charge on any atom is -0.390 e. The van der Waals surface area contributed by atoms with Crippen LogP contribution < -0.4 is 0 Å². The van der Waals surface area contributed by atoms with Gasteiger partial charge in [0.05, 0.1) is 12.3 Å². The second-order valence-electron chi connectivity index (χ2n) is 2.49. The van der Waals surface area contributed by atoms with Crippen molar-refractivity contribution in [2.45, 2.75) is 20.5 Å². The summed E-state index contributed by atoms with van der Waals surface area (Å²) in [5.41, 5.74) is 2.47. The van der Waals surface area contributed by atoms with Gasteiger partial charge in [0.2, 0.25) is 0 Å². The highest BCUT2D eigenvalue weighted by Crippen LogP contribution is 2.20. The molecule has 1 aromatic rings. The zero-order valence-electron chi connectivity index (χ0n) is 6.56. The minimum atomic E-state index is -0.0498. The van der Waals surface area contributed by atoms with Crippen molar-refractivity contribution < 1.29 is 5.11 Å². The number of halogens is 1. The molecule has 0 saturated carbocycles. The Morgan fingerprint density at radius 2 is 2.18 bits per heavy atom. The maximum atomic E-state index is 8.81. The average molecular weight is 172 g/mol. The molecule has 3 heteroatoms. The lowest BCUT2D eigenvalue weighted by Crippen LogP contribution is -1.95. The summed E-state index contributed by atoms with van der Waals surface area (Å²) in [5, 5.41) is 9.51. The number of aryl methyl sites for hydroxylation is 1. The Morgan fingerprint density at radius 3 is 2.73 bits per heavy atom. The van der Waals surface area contributed by atoms with Crippen molar-refractivity contribution in [1.29, 1.82) is 0 Å². The van der Waals surface area contributed by atoms with E-state index in [9.17, 15) is 0 Å². The Morgan fingerprint density at radius 1 is 1.55 bits per heavy atom. The molecule has 0 radical (unpaired) electrons. The lowest BCUT2D eigenvalue weighted by Gasteiger charge is -2.05. The Bertz CT molecular complexity index is 273. The van der Waals surface area contributed by atoms with Gasteiger partial charge in [-0.05, 0) is 25.0 Å². The van der Waals surface area contributed by atoms with Gasteiger partial charge in [0, 0.05) is 11.2 Å². The van der Waals surface area contributed by atoms with Crippen LogP contribution in [0.15, 0.2) is 6.20 Å². The smallest absolute Gasteiger partial charge is 0.0856 e. The van der Waals surface area contributed by atoms with E-state index in [1.165, 1.54) is 0 Å². The molecular formula is C8H10ClNO. The summed E-state index contributed by atoms with van der Waals surface area (Å²) < 4.78 is 0. The first kappa shape index (κ1) is 8.50. The van der Waals surface area contributed by atoms with Crippen LogP contribution in [0.1, 0.15) is 16.8 Å². The number of aliphatic hydroxyl groups excluding tert-OH is 1. The third kappa shape index (κ3) is 1.52. The predicted molar refractivity (Wildman–Crippen MR) is 44.6 cm³/mol. The molecule has 1 heterocycles. The molecule has 0 saturated heterocycles. The second-order valence-corrected chi connectivity index (χ2v) is 2.86. The Balaban J connectivity index is 3.25. The van der Waals surface area contributed by atoms with Crippen molar-refractivity contribution >= 4 is 11.6 Å². The van der Waals surface area contributed by atoms with Gasteiger partial charge in [-0.3, -0.25) is 4.98 Å². The second kappa shape index (κ2) is 3.20. The van der Waals surface area contributed by atoms with Crippen molar-refractivity contribution in [1.82, 2.24) is 4.98 Å². The number of aliphatic hydroxyl groups is 1. The van der Waals surface area contributed by atoms with Crippen molar-refractivity contribution in [2.75, 3.05) is 0 Å². The number of hydrogen-bond donors (Lipinski definition) is 1. The topological polar surface area (TPSA) is 33.1 Å². The quantitative estimate of drug-likeness (QED) is 0.700. The lowest BCUT2D eigenvalue weighted by atomic mass is 10.2. The van der Waals surface area contributed by atoms with Crippen LogP contribution in [0, 0.1) is 13.8 Å². The van der Waals surface area contributed by atoms with E-state index in [4.69, 9.17) is 16.7 Å². The molecule has 0 spiro atoms. The van der Waals surface area contributed by atoms with E-state index in [1.807, 2.05) is 13.8 Å². The summed E-state index contributed by atoms with van der Waals surface area (Å²) >= 11 is 5.91. The van der Waals surface area contributed by atoms with E-state index in [2.05, 4.69) is 4.98 Å². The standard InChI is InChI=1S/C8H10ClNO/c1-5-3-10-7(4-11)6(2)8(5)9/h3,11H,4H2,1-2H3. The molecule has 0 aromatic carbocycles. The van der Waals surface area contributed by atoms with Gasteiger partial charge in [0.15, 0.2) is 0 Å². The zero-order chi connectivity index (χ0) is 8.43. The van der Waals surface area contributed by atoms with Crippen LogP contribution in [0.3, 0.4) is 0 Å². The van der Waals surface area contributed by atoms with E-state index in [0.717, 1.165) is 11.1 Å². The number of pyridine rings is 1. The fourth-order valence-corrected chi connectivity index (χ4v) is 1.07. The lowest BCUT2D eigenvalue weighted by molar-refractivity contribution is 0.276. The Hall–Kier alpha value is -0.600. The van der Waals surface area contributed by atoms with Crippen LogP contribution in [0.5, 0.6) is 0 Å². The summed E-state index contributed by atoms with van der Waals surface area (Å²) in [6.07, 6.45) is 1.67. The first-order valence-corrected chi connectivity index (χ1v) is 3.76. The predicted octanol–water partition coefficient (Wildman–Crippen LogP) is 1.84. The molecule has 0 aliphatic heterocycles. The van der Waals surface area contributed by atoms with Crippen molar-refractivity contribution in [3.8, 4) is 0 Å². The van der Waals surface area contributed by atoms with Gasteiger partial charge in [-0.25, -0.2) is 0 Å². The fraction of sp³-hybridized carbons (Fsp3) is 0.375. The molecule has 0 atom stereocenters. The average Bonchev–Trinajstić information content (AvgIpc) is 2.01. The highest BCUT2D eigenvalue weighted by molar-refractivity contribution is 6.32. The molecule has 1 N–H and O–H groups in total. The van der Waals surface area contributed by atoms with Crippen LogP contribution in [0.2, 0.25) is 5.02 Å². The normalized spacial score (nSPS) is 10.2. The van der Waals surface area contributed by atoms with Gasteiger partial charge >= 0.3 is 0 Å². The number of aromatic nitrogens is 1. The summed E-state index contributed by atoms with van der Waals surface area (Å²) in [6, 6.07) is 0. The van der Waals surface area contributed by atoms with Crippen molar-refractivity contribution in [3.63, 3.8) is 0 Å². The van der Waals surface area contributed by atoms with E-state index in [-0.39, 0.29) is 6.61 Å². The molecule has 0 bridgehead atoms. The summed E-state index contributed by atoms with van der Waals surface area (Å²) in [6.45, 7) is 3.70. The number of nitrogens with zero attached hydrogens (tertiary/aromatic N) is 1. The van der Waals surface area contributed by atoms with Crippen LogP contribution >= 0.6 is 11.6 Å². The van der Waals surface area contributed by atoms with Crippen LogP contribution in [-0.4, -0.2) is 10.1 Å². The third-order valence-corrected chi connectivity index (χ3v) is 2.25. The summed E-state index contributed by atoms with van der Waals surface area (Å²) in [7, 11) is 0. The Labute approximate surface area is 70.8 Å². The monoisotopic (exact) mass is 171 g/mol. The number of rotatable bonds is 1. The van der Waals surface area contributed by atoms with Crippen LogP contribution in [0.4, 0.5) is 0 Å². The minimum absolute atomic E-state index is 0.0498. The molecule has 0 unspecified atom stereocenters. The van der Waals surface area contributed by atoms with E-state index in [1.54, 1.807) is 6.20 Å². The highest BCUT2D eigenvalue weighted by atomic mass is 35.5. The van der Waals surface area contributed by atoms with Gasteiger partial charge in [0.1, 0.15) is 0 Å². The first-order valence-electron chi connectivity index (χ1n) is 3.38. The van der Waals surface area contributed by atoms with E-state index < -0.39 is 0 Å². The van der Waals surface area contributed by atoms with E-state index >= 15 is 0 Å². The van der Waals surface area contributed by atoms with Crippen LogP contribution in [-0.2, 0) is 6.61 Å². The largest absolute Gasteiger partial charge is 0.390 e. The first-order chi connectivity index (χ1) is 5.16. The molecule has 0 aliphatic rings. The molecule has 60 valence electrons. The Kier molecular flexibility index (Phi) is 2.47. The van der Waals surface area contributed by atoms with Gasteiger partial charge in [0.25, 0.3) is 0 Å². The number of hydrogen-bond acceptors (Lipinski definition) is 2. The molecule has 1 aromatic heterocycles. The molecule has 11 heavy (non-hydrogen) atoms. The van der Waals surface area contributed by atoms with Gasteiger partial charge in [-0.2, -0.15) is 0 Å². The molecule has 0 amide bonds. The third-order valence-electron chi connectivity index (χ3n) is 1.67.